The minimum absolute atomic E-state index is 0.279. The summed E-state index contributed by atoms with van der Waals surface area (Å²) >= 11 is 1.94. The van der Waals surface area contributed by atoms with Crippen LogP contribution in [0.4, 0.5) is 0 Å². The standard InChI is InChI=1S/C9H13NO3S/c11-8-5-10(6-9(12)13-8)7-1-3-14-4-2-7/h7H,1-6H2. The van der Waals surface area contributed by atoms with Crippen molar-refractivity contribution in [2.24, 2.45) is 0 Å². The Morgan fingerprint density at radius 1 is 1.14 bits per heavy atom. The summed E-state index contributed by atoms with van der Waals surface area (Å²) in [5, 5.41) is 0. The van der Waals surface area contributed by atoms with E-state index >= 15 is 0 Å². The largest absolute Gasteiger partial charge is 0.391 e. The molecule has 0 unspecified atom stereocenters. The Labute approximate surface area is 87.0 Å². The van der Waals surface area contributed by atoms with Crippen LogP contribution in [0.5, 0.6) is 0 Å². The van der Waals surface area contributed by atoms with Crippen molar-refractivity contribution in [3.8, 4) is 0 Å². The third-order valence-electron chi connectivity index (χ3n) is 2.60. The molecule has 14 heavy (non-hydrogen) atoms. The van der Waals surface area contributed by atoms with Gasteiger partial charge in [-0.05, 0) is 24.3 Å². The third-order valence-corrected chi connectivity index (χ3v) is 3.65. The number of esters is 2. The molecule has 2 fully saturated rings. The van der Waals surface area contributed by atoms with E-state index in [1.165, 1.54) is 0 Å². The van der Waals surface area contributed by atoms with Gasteiger partial charge in [-0.15, -0.1) is 0 Å². The second-order valence-electron chi connectivity index (χ2n) is 3.59. The molecule has 2 saturated heterocycles. The molecule has 4 nitrogen and oxygen atoms in total. The summed E-state index contributed by atoms with van der Waals surface area (Å²) in [7, 11) is 0. The van der Waals surface area contributed by atoms with Crippen molar-refractivity contribution in [1.29, 1.82) is 0 Å². The maximum atomic E-state index is 11.0. The van der Waals surface area contributed by atoms with Crippen LogP contribution in [0.1, 0.15) is 12.8 Å². The van der Waals surface area contributed by atoms with Gasteiger partial charge in [-0.2, -0.15) is 11.8 Å². The van der Waals surface area contributed by atoms with Crippen molar-refractivity contribution in [2.45, 2.75) is 18.9 Å². The monoisotopic (exact) mass is 215 g/mol. The van der Waals surface area contributed by atoms with Gasteiger partial charge in [0.2, 0.25) is 0 Å². The molecular weight excluding hydrogens is 202 g/mol. The normalized spacial score (nSPS) is 26.3. The van der Waals surface area contributed by atoms with E-state index in [0.29, 0.717) is 6.04 Å². The van der Waals surface area contributed by atoms with Gasteiger partial charge in [-0.3, -0.25) is 14.5 Å². The second-order valence-corrected chi connectivity index (χ2v) is 4.82. The van der Waals surface area contributed by atoms with Gasteiger partial charge in [0.05, 0.1) is 13.1 Å². The first kappa shape index (κ1) is 9.98. The van der Waals surface area contributed by atoms with Crippen LogP contribution in [0.2, 0.25) is 0 Å². The molecule has 0 aromatic carbocycles. The van der Waals surface area contributed by atoms with Crippen LogP contribution >= 0.6 is 11.8 Å². The van der Waals surface area contributed by atoms with E-state index in [9.17, 15) is 9.59 Å². The smallest absolute Gasteiger partial charge is 0.327 e. The van der Waals surface area contributed by atoms with Gasteiger partial charge in [-0.25, -0.2) is 0 Å². The molecule has 0 aromatic heterocycles. The average molecular weight is 215 g/mol. The fourth-order valence-corrected chi connectivity index (χ4v) is 2.97. The first-order valence-electron chi connectivity index (χ1n) is 4.81. The predicted octanol–water partition coefficient (Wildman–Crippen LogP) is 0.267. The fourth-order valence-electron chi connectivity index (χ4n) is 1.89. The van der Waals surface area contributed by atoms with Crippen molar-refractivity contribution >= 4 is 23.7 Å². The average Bonchev–Trinajstić information content (AvgIpc) is 2.18. The molecule has 0 amide bonds. The van der Waals surface area contributed by atoms with Crippen LogP contribution in [-0.4, -0.2) is 47.5 Å². The molecule has 2 rings (SSSR count). The molecule has 78 valence electrons. The van der Waals surface area contributed by atoms with E-state index in [0.717, 1.165) is 24.3 Å². The summed E-state index contributed by atoms with van der Waals surface area (Å²) in [5.74, 6) is 1.45. The van der Waals surface area contributed by atoms with Crippen LogP contribution in [-0.2, 0) is 14.3 Å². The van der Waals surface area contributed by atoms with Crippen molar-refractivity contribution < 1.29 is 14.3 Å². The maximum Gasteiger partial charge on any atom is 0.327 e. The number of hydrogen-bond acceptors (Lipinski definition) is 5. The number of carbonyl (C=O) groups is 2. The number of thioether (sulfide) groups is 1. The number of hydrogen-bond donors (Lipinski definition) is 0. The first-order chi connectivity index (χ1) is 6.75. The minimum atomic E-state index is -0.403. The number of ether oxygens (including phenoxy) is 1. The summed E-state index contributed by atoms with van der Waals surface area (Å²) in [6, 6.07) is 0.396. The Balaban J connectivity index is 1.95. The van der Waals surface area contributed by atoms with Crippen LogP contribution in [0.3, 0.4) is 0 Å². The lowest BCUT2D eigenvalue weighted by atomic mass is 10.1. The molecule has 2 heterocycles. The highest BCUT2D eigenvalue weighted by atomic mass is 32.2. The van der Waals surface area contributed by atoms with Gasteiger partial charge in [0, 0.05) is 6.04 Å². The maximum absolute atomic E-state index is 11.0. The van der Waals surface area contributed by atoms with E-state index in [1.807, 2.05) is 16.7 Å². The van der Waals surface area contributed by atoms with Gasteiger partial charge < -0.3 is 4.74 Å². The van der Waals surface area contributed by atoms with Crippen LogP contribution in [0.15, 0.2) is 0 Å². The quantitative estimate of drug-likeness (QED) is 0.464. The molecule has 0 atom stereocenters. The molecule has 0 bridgehead atoms. The highest BCUT2D eigenvalue weighted by Gasteiger charge is 2.30. The lowest BCUT2D eigenvalue weighted by molar-refractivity contribution is -0.168. The Kier molecular flexibility index (Phi) is 3.08. The Morgan fingerprint density at radius 3 is 2.29 bits per heavy atom. The molecule has 5 heteroatoms. The van der Waals surface area contributed by atoms with E-state index in [1.54, 1.807) is 0 Å². The summed E-state index contributed by atoms with van der Waals surface area (Å²) < 4.78 is 4.48. The minimum Gasteiger partial charge on any atom is -0.391 e. The number of rotatable bonds is 1. The van der Waals surface area contributed by atoms with Gasteiger partial charge in [0.15, 0.2) is 0 Å². The van der Waals surface area contributed by atoms with E-state index in [-0.39, 0.29) is 13.1 Å². The molecule has 0 radical (unpaired) electrons. The lowest BCUT2D eigenvalue weighted by Gasteiger charge is -2.34. The molecule has 2 aliphatic rings. The van der Waals surface area contributed by atoms with Crippen LogP contribution < -0.4 is 0 Å². The molecule has 0 spiro atoms. The molecule has 0 aliphatic carbocycles. The lowest BCUT2D eigenvalue weighted by Crippen LogP contribution is -2.49. The van der Waals surface area contributed by atoms with Crippen LogP contribution in [0.25, 0.3) is 0 Å². The summed E-state index contributed by atoms with van der Waals surface area (Å²) in [6.45, 7) is 0.558. The Morgan fingerprint density at radius 2 is 1.71 bits per heavy atom. The summed E-state index contributed by atoms with van der Waals surface area (Å²) in [4.78, 5) is 24.0. The van der Waals surface area contributed by atoms with E-state index in [4.69, 9.17) is 0 Å². The zero-order valence-corrected chi connectivity index (χ0v) is 8.72. The zero-order chi connectivity index (χ0) is 9.97. The van der Waals surface area contributed by atoms with Crippen molar-refractivity contribution in [3.63, 3.8) is 0 Å². The first-order valence-corrected chi connectivity index (χ1v) is 5.96. The number of carbonyl (C=O) groups excluding carboxylic acids is 2. The fraction of sp³-hybridized carbons (Fsp3) is 0.778. The SMILES string of the molecule is O=C1CN(C2CCSCC2)CC(=O)O1. The number of cyclic esters (lactones) is 2. The molecule has 2 aliphatic heterocycles. The molecule has 0 N–H and O–H groups in total. The topological polar surface area (TPSA) is 46.6 Å². The van der Waals surface area contributed by atoms with Gasteiger partial charge in [0.25, 0.3) is 0 Å². The molecule has 0 aromatic rings. The van der Waals surface area contributed by atoms with Crippen LogP contribution in [0, 0.1) is 0 Å². The number of nitrogens with zero attached hydrogens (tertiary/aromatic N) is 1. The second kappa shape index (κ2) is 4.31. The van der Waals surface area contributed by atoms with Crippen molar-refractivity contribution in [2.75, 3.05) is 24.6 Å². The van der Waals surface area contributed by atoms with Crippen molar-refractivity contribution in [3.05, 3.63) is 0 Å². The van der Waals surface area contributed by atoms with Gasteiger partial charge >= 0.3 is 11.9 Å². The van der Waals surface area contributed by atoms with Crippen molar-refractivity contribution in [1.82, 2.24) is 4.90 Å². The van der Waals surface area contributed by atoms with E-state index in [2.05, 4.69) is 4.74 Å². The predicted molar refractivity (Wildman–Crippen MR) is 53.0 cm³/mol. The Bertz CT molecular complexity index is 234. The highest BCUT2D eigenvalue weighted by molar-refractivity contribution is 7.99. The molecule has 0 saturated carbocycles. The zero-order valence-electron chi connectivity index (χ0n) is 7.90. The van der Waals surface area contributed by atoms with Gasteiger partial charge in [0.1, 0.15) is 0 Å². The number of morpholine rings is 1. The summed E-state index contributed by atoms with van der Waals surface area (Å²) in [5.41, 5.74) is 0. The molecular formula is C9H13NO3S. The highest BCUT2D eigenvalue weighted by Crippen LogP contribution is 2.22. The Hall–Kier alpha value is -0.550. The van der Waals surface area contributed by atoms with E-state index < -0.39 is 11.9 Å². The third kappa shape index (κ3) is 2.27. The van der Waals surface area contributed by atoms with Gasteiger partial charge in [-0.1, -0.05) is 0 Å². The summed E-state index contributed by atoms with van der Waals surface area (Å²) in [6.07, 6.45) is 2.15.